The second kappa shape index (κ2) is 5.78. The maximum atomic E-state index is 12.9. The number of halogens is 1. The van der Waals surface area contributed by atoms with Crippen LogP contribution in [0.25, 0.3) is 0 Å². The van der Waals surface area contributed by atoms with E-state index in [1.807, 2.05) is 6.92 Å². The molecule has 0 bridgehead atoms. The third-order valence-corrected chi connectivity index (χ3v) is 3.16. The molecule has 1 nitrogen and oxygen atoms in total. The van der Waals surface area contributed by atoms with E-state index >= 15 is 0 Å². The zero-order valence-electron chi connectivity index (χ0n) is 10.4. The van der Waals surface area contributed by atoms with E-state index in [1.54, 1.807) is 12.1 Å². The maximum Gasteiger partial charge on any atom is 0.123 e. The van der Waals surface area contributed by atoms with Gasteiger partial charge in [0.25, 0.3) is 0 Å². The number of hydrogen-bond donors (Lipinski definition) is 1. The highest BCUT2D eigenvalue weighted by atomic mass is 19.1. The number of aliphatic hydroxyl groups is 1. The Kier molecular flexibility index (Phi) is 4.11. The molecule has 1 atom stereocenters. The summed E-state index contributed by atoms with van der Waals surface area (Å²) in [5, 5.41) is 9.47. The molecule has 0 aliphatic rings. The van der Waals surface area contributed by atoms with Crippen molar-refractivity contribution in [3.8, 4) is 0 Å². The van der Waals surface area contributed by atoms with Crippen molar-refractivity contribution in [1.29, 1.82) is 0 Å². The van der Waals surface area contributed by atoms with Crippen molar-refractivity contribution >= 4 is 0 Å². The first-order valence-corrected chi connectivity index (χ1v) is 6.11. The molecule has 1 unspecified atom stereocenters. The lowest BCUT2D eigenvalue weighted by Gasteiger charge is -2.15. The second-order valence-electron chi connectivity index (χ2n) is 4.62. The Hall–Kier alpha value is -1.67. The summed E-state index contributed by atoms with van der Waals surface area (Å²) in [5.41, 5.74) is 3.38. The van der Waals surface area contributed by atoms with Crippen LogP contribution in [-0.4, -0.2) is 11.7 Å². The minimum absolute atomic E-state index is 0.0216. The molecule has 2 aromatic carbocycles. The summed E-state index contributed by atoms with van der Waals surface area (Å²) in [6.45, 7) is 2.12. The summed E-state index contributed by atoms with van der Waals surface area (Å²) in [6.07, 6.45) is 0.766. The van der Waals surface area contributed by atoms with E-state index in [0.29, 0.717) is 0 Å². The van der Waals surface area contributed by atoms with Crippen molar-refractivity contribution in [2.75, 3.05) is 6.61 Å². The van der Waals surface area contributed by atoms with Gasteiger partial charge >= 0.3 is 0 Å². The van der Waals surface area contributed by atoms with Gasteiger partial charge in [-0.05, 0) is 36.6 Å². The molecule has 2 rings (SSSR count). The molecule has 0 aliphatic heterocycles. The Labute approximate surface area is 107 Å². The third-order valence-electron chi connectivity index (χ3n) is 3.16. The topological polar surface area (TPSA) is 20.2 Å². The summed E-state index contributed by atoms with van der Waals surface area (Å²) in [5.74, 6) is -0.223. The Morgan fingerprint density at radius 1 is 1.00 bits per heavy atom. The van der Waals surface area contributed by atoms with Crippen molar-refractivity contribution in [2.45, 2.75) is 19.3 Å². The van der Waals surface area contributed by atoms with Crippen LogP contribution in [-0.2, 0) is 6.42 Å². The number of hydrogen-bond acceptors (Lipinski definition) is 1. The first-order valence-electron chi connectivity index (χ1n) is 6.11. The fourth-order valence-electron chi connectivity index (χ4n) is 2.03. The van der Waals surface area contributed by atoms with Crippen LogP contribution in [0.5, 0.6) is 0 Å². The van der Waals surface area contributed by atoms with Crippen LogP contribution < -0.4 is 0 Å². The Morgan fingerprint density at radius 3 is 2.17 bits per heavy atom. The predicted octanol–water partition coefficient (Wildman–Crippen LogP) is 3.45. The van der Waals surface area contributed by atoms with Gasteiger partial charge in [0.05, 0.1) is 6.61 Å². The zero-order chi connectivity index (χ0) is 13.0. The number of aryl methyl sites for hydroxylation is 1. The van der Waals surface area contributed by atoms with E-state index in [0.717, 1.165) is 12.0 Å². The van der Waals surface area contributed by atoms with Gasteiger partial charge in [-0.15, -0.1) is 0 Å². The van der Waals surface area contributed by atoms with Gasteiger partial charge in [0, 0.05) is 5.92 Å². The van der Waals surface area contributed by atoms with Crippen LogP contribution in [0.15, 0.2) is 48.5 Å². The average Bonchev–Trinajstić information content (AvgIpc) is 2.39. The van der Waals surface area contributed by atoms with E-state index < -0.39 is 0 Å². The van der Waals surface area contributed by atoms with Gasteiger partial charge in [-0.3, -0.25) is 0 Å². The molecule has 0 amide bonds. The van der Waals surface area contributed by atoms with E-state index in [2.05, 4.69) is 24.3 Å². The second-order valence-corrected chi connectivity index (χ2v) is 4.62. The fraction of sp³-hybridized carbons (Fsp3) is 0.250. The lowest BCUT2D eigenvalue weighted by Crippen LogP contribution is -2.07. The Bertz CT molecular complexity index is 488. The Morgan fingerprint density at radius 2 is 1.61 bits per heavy atom. The molecule has 0 aliphatic carbocycles. The van der Waals surface area contributed by atoms with Crippen LogP contribution in [0.3, 0.4) is 0 Å². The van der Waals surface area contributed by atoms with Crippen molar-refractivity contribution in [3.63, 3.8) is 0 Å². The smallest absolute Gasteiger partial charge is 0.123 e. The van der Waals surface area contributed by atoms with E-state index in [4.69, 9.17) is 0 Å². The first-order chi connectivity index (χ1) is 8.69. The monoisotopic (exact) mass is 244 g/mol. The van der Waals surface area contributed by atoms with Crippen molar-refractivity contribution in [3.05, 3.63) is 71.0 Å². The number of aliphatic hydroxyl groups excluding tert-OH is 1. The van der Waals surface area contributed by atoms with Gasteiger partial charge in [-0.2, -0.15) is 0 Å². The first kappa shape index (κ1) is 12.8. The zero-order valence-corrected chi connectivity index (χ0v) is 10.4. The van der Waals surface area contributed by atoms with Crippen LogP contribution in [0.2, 0.25) is 0 Å². The summed E-state index contributed by atoms with van der Waals surface area (Å²) < 4.78 is 12.9. The number of rotatable bonds is 4. The summed E-state index contributed by atoms with van der Waals surface area (Å²) >= 11 is 0. The van der Waals surface area contributed by atoms with Crippen LogP contribution in [0, 0.1) is 12.7 Å². The molecular formula is C16H17FO. The van der Waals surface area contributed by atoms with E-state index in [1.165, 1.54) is 23.3 Å². The standard InChI is InChI=1S/C16H17FO/c1-12-2-4-13(5-3-12)10-15(11-18)14-6-8-16(17)9-7-14/h2-9,15,18H,10-11H2,1H3. The minimum atomic E-state index is -0.245. The lowest BCUT2D eigenvalue weighted by molar-refractivity contribution is 0.264. The van der Waals surface area contributed by atoms with Gasteiger partial charge in [-0.25, -0.2) is 4.39 Å². The maximum absolute atomic E-state index is 12.9. The predicted molar refractivity (Wildman–Crippen MR) is 71.1 cm³/mol. The van der Waals surface area contributed by atoms with Crippen LogP contribution >= 0.6 is 0 Å². The van der Waals surface area contributed by atoms with E-state index in [-0.39, 0.29) is 18.3 Å². The SMILES string of the molecule is Cc1ccc(CC(CO)c2ccc(F)cc2)cc1. The van der Waals surface area contributed by atoms with Crippen molar-refractivity contribution in [2.24, 2.45) is 0 Å². The minimum Gasteiger partial charge on any atom is -0.396 e. The fourth-order valence-corrected chi connectivity index (χ4v) is 2.03. The number of benzene rings is 2. The van der Waals surface area contributed by atoms with Gasteiger partial charge in [0.15, 0.2) is 0 Å². The molecule has 0 heterocycles. The summed E-state index contributed by atoms with van der Waals surface area (Å²) in [4.78, 5) is 0. The normalized spacial score (nSPS) is 12.4. The molecule has 0 spiro atoms. The highest BCUT2D eigenvalue weighted by Gasteiger charge is 2.11. The molecule has 0 saturated heterocycles. The lowest BCUT2D eigenvalue weighted by atomic mass is 9.92. The molecule has 2 aromatic rings. The summed E-state index contributed by atoms with van der Waals surface area (Å²) in [7, 11) is 0. The van der Waals surface area contributed by atoms with Gasteiger partial charge in [0.1, 0.15) is 5.82 Å². The van der Waals surface area contributed by atoms with Crippen LogP contribution in [0.1, 0.15) is 22.6 Å². The molecule has 0 radical (unpaired) electrons. The average molecular weight is 244 g/mol. The van der Waals surface area contributed by atoms with Gasteiger partial charge < -0.3 is 5.11 Å². The molecule has 2 heteroatoms. The summed E-state index contributed by atoms with van der Waals surface area (Å²) in [6, 6.07) is 14.6. The van der Waals surface area contributed by atoms with Gasteiger partial charge in [0.2, 0.25) is 0 Å². The van der Waals surface area contributed by atoms with E-state index in [9.17, 15) is 9.50 Å². The molecule has 0 fully saturated rings. The molecule has 0 aromatic heterocycles. The van der Waals surface area contributed by atoms with Crippen molar-refractivity contribution in [1.82, 2.24) is 0 Å². The molecule has 94 valence electrons. The largest absolute Gasteiger partial charge is 0.396 e. The highest BCUT2D eigenvalue weighted by Crippen LogP contribution is 2.21. The molecular weight excluding hydrogens is 227 g/mol. The Balaban J connectivity index is 2.14. The molecule has 18 heavy (non-hydrogen) atoms. The highest BCUT2D eigenvalue weighted by molar-refractivity contribution is 5.26. The van der Waals surface area contributed by atoms with Crippen LogP contribution in [0.4, 0.5) is 4.39 Å². The molecule has 0 saturated carbocycles. The molecule has 1 N–H and O–H groups in total. The van der Waals surface area contributed by atoms with Crippen molar-refractivity contribution < 1.29 is 9.50 Å². The quantitative estimate of drug-likeness (QED) is 0.873. The third kappa shape index (κ3) is 3.17. The van der Waals surface area contributed by atoms with Gasteiger partial charge in [-0.1, -0.05) is 42.0 Å².